The van der Waals surface area contributed by atoms with Crippen LogP contribution in [0.2, 0.25) is 0 Å². The lowest BCUT2D eigenvalue weighted by Crippen LogP contribution is -2.51. The number of halogens is 4. The zero-order valence-electron chi connectivity index (χ0n) is 22.3. The van der Waals surface area contributed by atoms with Gasteiger partial charge in [-0.2, -0.15) is 13.2 Å². The Morgan fingerprint density at radius 3 is 2.64 bits per heavy atom. The molecule has 220 valence electrons. The number of alkyl halides is 3. The normalized spacial score (nSPS) is 18.2. The highest BCUT2D eigenvalue weighted by Crippen LogP contribution is 2.35. The molecule has 42 heavy (non-hydrogen) atoms. The van der Waals surface area contributed by atoms with Crippen molar-refractivity contribution in [2.75, 3.05) is 24.2 Å². The number of morpholine rings is 1. The van der Waals surface area contributed by atoms with E-state index in [-0.39, 0.29) is 53.2 Å². The number of nitrogens with two attached hydrogens (primary N) is 1. The minimum absolute atomic E-state index is 0.0316. The van der Waals surface area contributed by atoms with Crippen LogP contribution >= 0.6 is 0 Å². The van der Waals surface area contributed by atoms with Crippen molar-refractivity contribution in [3.63, 3.8) is 0 Å². The number of nitrogens with zero attached hydrogens (tertiary/aromatic N) is 5. The molecule has 0 unspecified atom stereocenters. The smallest absolute Gasteiger partial charge is 0.384 e. The van der Waals surface area contributed by atoms with Gasteiger partial charge in [0.1, 0.15) is 46.7 Å². The SMILES string of the molecule is C[C@H](O)C(=O)N1C[C@H](c2nc(-c3ccc(C(=O)Nc4cc(C(F)(F)F)ccn4)cc3F)c3c(N)nccn23)OC[C@@H]1C. The van der Waals surface area contributed by atoms with Gasteiger partial charge in [0.15, 0.2) is 0 Å². The second-order valence-corrected chi connectivity index (χ2v) is 9.76. The number of imidazole rings is 1. The Labute approximate surface area is 236 Å². The first-order valence-electron chi connectivity index (χ1n) is 12.7. The lowest BCUT2D eigenvalue weighted by atomic mass is 10.1. The molecule has 4 heterocycles. The lowest BCUT2D eigenvalue weighted by molar-refractivity contribution is -0.152. The van der Waals surface area contributed by atoms with Crippen LogP contribution in [0.5, 0.6) is 0 Å². The molecule has 11 nitrogen and oxygen atoms in total. The number of ether oxygens (including phenoxy) is 1. The van der Waals surface area contributed by atoms with Crippen LogP contribution in [0.3, 0.4) is 0 Å². The molecule has 0 spiro atoms. The van der Waals surface area contributed by atoms with Gasteiger partial charge in [0.05, 0.1) is 24.8 Å². The Hall–Kier alpha value is -4.63. The Bertz CT molecular complexity index is 1670. The van der Waals surface area contributed by atoms with Crippen LogP contribution in [0, 0.1) is 5.82 Å². The van der Waals surface area contributed by atoms with Crippen molar-refractivity contribution in [2.45, 2.75) is 38.3 Å². The second-order valence-electron chi connectivity index (χ2n) is 9.76. The van der Waals surface area contributed by atoms with Crippen LogP contribution < -0.4 is 11.1 Å². The average Bonchev–Trinajstić information content (AvgIpc) is 3.33. The van der Waals surface area contributed by atoms with Gasteiger partial charge in [-0.3, -0.25) is 14.0 Å². The number of rotatable bonds is 5. The van der Waals surface area contributed by atoms with Gasteiger partial charge in [-0.25, -0.2) is 19.3 Å². The number of carbonyl (C=O) groups is 2. The number of amides is 2. The molecule has 1 saturated heterocycles. The molecule has 3 aromatic heterocycles. The first kappa shape index (κ1) is 28.9. The Morgan fingerprint density at radius 2 is 1.95 bits per heavy atom. The average molecular weight is 588 g/mol. The van der Waals surface area contributed by atoms with E-state index < -0.39 is 41.6 Å². The van der Waals surface area contributed by atoms with Crippen molar-refractivity contribution in [3.8, 4) is 11.3 Å². The first-order chi connectivity index (χ1) is 19.8. The molecule has 15 heteroatoms. The van der Waals surface area contributed by atoms with Crippen LogP contribution in [-0.2, 0) is 15.7 Å². The summed E-state index contributed by atoms with van der Waals surface area (Å²) in [5.41, 5.74) is 5.28. The topological polar surface area (TPSA) is 148 Å². The molecule has 1 fully saturated rings. The van der Waals surface area contributed by atoms with Gasteiger partial charge in [0, 0.05) is 29.7 Å². The fourth-order valence-corrected chi connectivity index (χ4v) is 4.67. The molecular weight excluding hydrogens is 562 g/mol. The van der Waals surface area contributed by atoms with Crippen molar-refractivity contribution in [1.82, 2.24) is 24.3 Å². The molecule has 4 N–H and O–H groups in total. The van der Waals surface area contributed by atoms with E-state index in [2.05, 4.69) is 20.3 Å². The van der Waals surface area contributed by atoms with Gasteiger partial charge in [0.2, 0.25) is 0 Å². The monoisotopic (exact) mass is 587 g/mol. The van der Waals surface area contributed by atoms with Crippen molar-refractivity contribution >= 4 is 29.0 Å². The third-order valence-electron chi connectivity index (χ3n) is 6.79. The number of nitrogen functional groups attached to an aromatic ring is 1. The number of hydrogen-bond acceptors (Lipinski definition) is 8. The number of hydrogen-bond donors (Lipinski definition) is 3. The predicted octanol–water partition coefficient (Wildman–Crippen LogP) is 3.45. The van der Waals surface area contributed by atoms with Crippen LogP contribution in [-0.4, -0.2) is 66.5 Å². The van der Waals surface area contributed by atoms with Gasteiger partial charge < -0.3 is 25.8 Å². The largest absolute Gasteiger partial charge is 0.416 e. The Balaban J connectivity index is 1.47. The highest BCUT2D eigenvalue weighted by molar-refractivity contribution is 6.04. The van der Waals surface area contributed by atoms with Crippen molar-refractivity contribution in [2.24, 2.45) is 0 Å². The molecule has 1 aliphatic rings. The van der Waals surface area contributed by atoms with Crippen LogP contribution in [0.4, 0.5) is 29.2 Å². The highest BCUT2D eigenvalue weighted by Gasteiger charge is 2.35. The number of nitrogens with one attached hydrogen (secondary N) is 1. The molecule has 0 radical (unpaired) electrons. The number of carbonyl (C=O) groups excluding carboxylic acids is 2. The summed E-state index contributed by atoms with van der Waals surface area (Å²) in [6.07, 6.45) is -2.72. The summed E-state index contributed by atoms with van der Waals surface area (Å²) in [5, 5.41) is 12.1. The number of aliphatic hydroxyl groups is 1. The molecule has 0 aliphatic carbocycles. The number of benzene rings is 1. The second kappa shape index (κ2) is 11.0. The van der Waals surface area contributed by atoms with Gasteiger partial charge in [-0.1, -0.05) is 0 Å². The minimum atomic E-state index is -4.63. The summed E-state index contributed by atoms with van der Waals surface area (Å²) in [5.74, 6) is -2.23. The summed E-state index contributed by atoms with van der Waals surface area (Å²) < 4.78 is 62.0. The van der Waals surface area contributed by atoms with Crippen molar-refractivity contribution in [1.29, 1.82) is 0 Å². The number of aromatic nitrogens is 4. The molecule has 0 saturated carbocycles. The number of anilines is 2. The van der Waals surface area contributed by atoms with E-state index in [1.165, 1.54) is 30.2 Å². The third-order valence-corrected chi connectivity index (χ3v) is 6.79. The Kier molecular flexibility index (Phi) is 7.55. The molecule has 4 aromatic rings. The van der Waals surface area contributed by atoms with E-state index in [1.54, 1.807) is 17.5 Å². The van der Waals surface area contributed by atoms with Crippen molar-refractivity contribution in [3.05, 3.63) is 71.7 Å². The summed E-state index contributed by atoms with van der Waals surface area (Å²) >= 11 is 0. The summed E-state index contributed by atoms with van der Waals surface area (Å²) in [6, 6.07) is 4.60. The third kappa shape index (κ3) is 5.47. The summed E-state index contributed by atoms with van der Waals surface area (Å²) in [7, 11) is 0. The summed E-state index contributed by atoms with van der Waals surface area (Å²) in [6.45, 7) is 3.38. The van der Waals surface area contributed by atoms with E-state index >= 15 is 4.39 Å². The lowest BCUT2D eigenvalue weighted by Gasteiger charge is -2.38. The van der Waals surface area contributed by atoms with Crippen LogP contribution in [0.1, 0.15) is 41.7 Å². The molecule has 5 rings (SSSR count). The van der Waals surface area contributed by atoms with E-state index in [1.807, 2.05) is 0 Å². The molecule has 3 atom stereocenters. The van der Waals surface area contributed by atoms with Gasteiger partial charge in [0.25, 0.3) is 11.8 Å². The molecule has 1 aliphatic heterocycles. The van der Waals surface area contributed by atoms with E-state index in [9.17, 15) is 27.9 Å². The van der Waals surface area contributed by atoms with E-state index in [0.29, 0.717) is 11.9 Å². The summed E-state index contributed by atoms with van der Waals surface area (Å²) in [4.78, 5) is 39.1. The van der Waals surface area contributed by atoms with E-state index in [0.717, 1.165) is 18.3 Å². The molecular formula is C27H25F4N7O4. The van der Waals surface area contributed by atoms with Crippen LogP contribution in [0.25, 0.3) is 16.8 Å². The van der Waals surface area contributed by atoms with E-state index in [4.69, 9.17) is 10.5 Å². The number of pyridine rings is 1. The highest BCUT2D eigenvalue weighted by atomic mass is 19.4. The number of fused-ring (bicyclic) bond motifs is 1. The maximum atomic E-state index is 15.5. The standard InChI is InChI=1S/C27H25F4N7O4/c1-13-12-42-19(11-38(13)26(41)14(2)39)24-36-21(22-23(32)34-7-8-37(22)24)17-4-3-15(9-18(17)28)25(40)35-20-10-16(5-6-33-20)27(29,30)31/h3-10,13-14,19,39H,11-12H2,1-2H3,(H2,32,34)(H,33,35,40)/t13-,14-,19+/m0/s1. The maximum Gasteiger partial charge on any atom is 0.416 e. The first-order valence-corrected chi connectivity index (χ1v) is 12.7. The predicted molar refractivity (Wildman–Crippen MR) is 142 cm³/mol. The van der Waals surface area contributed by atoms with Gasteiger partial charge >= 0.3 is 6.18 Å². The van der Waals surface area contributed by atoms with Gasteiger partial charge in [-0.15, -0.1) is 0 Å². The quantitative estimate of drug-likeness (QED) is 0.301. The fourth-order valence-electron chi connectivity index (χ4n) is 4.67. The molecule has 1 aromatic carbocycles. The van der Waals surface area contributed by atoms with Crippen molar-refractivity contribution < 1.29 is 37.0 Å². The zero-order valence-corrected chi connectivity index (χ0v) is 22.3. The minimum Gasteiger partial charge on any atom is -0.384 e. The molecule has 0 bridgehead atoms. The number of aliphatic hydroxyl groups excluding tert-OH is 1. The zero-order chi connectivity index (χ0) is 30.3. The van der Waals surface area contributed by atoms with Crippen LogP contribution in [0.15, 0.2) is 48.9 Å². The maximum absolute atomic E-state index is 15.5. The fraction of sp³-hybridized carbons (Fsp3) is 0.296. The van der Waals surface area contributed by atoms with Gasteiger partial charge in [-0.05, 0) is 44.2 Å². The molecule has 2 amide bonds. The Morgan fingerprint density at radius 1 is 1.19 bits per heavy atom.